The van der Waals surface area contributed by atoms with E-state index in [-0.39, 0.29) is 24.2 Å². The van der Waals surface area contributed by atoms with E-state index in [1.54, 1.807) is 43.2 Å². The number of anilines is 1. The van der Waals surface area contributed by atoms with Crippen molar-refractivity contribution in [3.8, 4) is 17.2 Å². The Morgan fingerprint density at radius 2 is 2.06 bits per heavy atom. The standard InChI is InChI=1S/C25H24FN7O2/c1-15-7-21(33-6-5-25(14-27,24(33)35)19-3-4-19)31-22(30-15)23(34)28-11-16-8-17(10-20(26)9-16)18-12-29-32(2)13-18/h7-10,12-13,19H,3-6,11H2,1-2H3,(H,28,34)/t25-/m1/s1. The molecule has 1 N–H and O–H groups in total. The molecule has 1 aliphatic heterocycles. The van der Waals surface area contributed by atoms with Crippen LogP contribution in [0.25, 0.3) is 11.1 Å². The molecule has 35 heavy (non-hydrogen) atoms. The van der Waals surface area contributed by atoms with Gasteiger partial charge < -0.3 is 5.32 Å². The number of nitrogens with one attached hydrogen (secondary N) is 1. The molecule has 3 aromatic rings. The summed E-state index contributed by atoms with van der Waals surface area (Å²) in [6.07, 6.45) is 5.64. The molecular weight excluding hydrogens is 449 g/mol. The third kappa shape index (κ3) is 4.25. The number of halogens is 1. The molecule has 2 aliphatic rings. The van der Waals surface area contributed by atoms with Crippen LogP contribution in [0.15, 0.2) is 36.7 Å². The molecule has 2 fully saturated rings. The predicted molar refractivity (Wildman–Crippen MR) is 124 cm³/mol. The van der Waals surface area contributed by atoms with Crippen LogP contribution in [0.1, 0.15) is 41.1 Å². The van der Waals surface area contributed by atoms with Gasteiger partial charge in [-0.3, -0.25) is 19.2 Å². The second-order valence-electron chi connectivity index (χ2n) is 9.19. The first-order valence-corrected chi connectivity index (χ1v) is 11.4. The smallest absolute Gasteiger partial charge is 0.289 e. The largest absolute Gasteiger partial charge is 0.345 e. The van der Waals surface area contributed by atoms with Gasteiger partial charge in [-0.1, -0.05) is 0 Å². The Labute approximate surface area is 201 Å². The molecule has 0 radical (unpaired) electrons. The zero-order valence-electron chi connectivity index (χ0n) is 19.5. The van der Waals surface area contributed by atoms with E-state index in [1.807, 2.05) is 0 Å². The van der Waals surface area contributed by atoms with Crippen LogP contribution in [-0.2, 0) is 18.4 Å². The van der Waals surface area contributed by atoms with Crippen molar-refractivity contribution in [1.82, 2.24) is 25.1 Å². The lowest BCUT2D eigenvalue weighted by molar-refractivity contribution is -0.123. The van der Waals surface area contributed by atoms with E-state index < -0.39 is 17.1 Å². The second-order valence-corrected chi connectivity index (χ2v) is 9.19. The molecule has 1 saturated carbocycles. The fraction of sp³-hybridized carbons (Fsp3) is 0.360. The van der Waals surface area contributed by atoms with E-state index >= 15 is 0 Å². The first-order chi connectivity index (χ1) is 16.8. The zero-order valence-corrected chi connectivity index (χ0v) is 19.5. The number of hydrogen-bond acceptors (Lipinski definition) is 6. The highest BCUT2D eigenvalue weighted by Crippen LogP contribution is 2.51. The zero-order chi connectivity index (χ0) is 24.7. The minimum atomic E-state index is -0.995. The molecule has 5 rings (SSSR count). The maximum atomic E-state index is 14.2. The summed E-state index contributed by atoms with van der Waals surface area (Å²) in [6, 6.07) is 8.44. The van der Waals surface area contributed by atoms with Crippen LogP contribution in [0.3, 0.4) is 0 Å². The lowest BCUT2D eigenvalue weighted by Crippen LogP contribution is -2.36. The summed E-state index contributed by atoms with van der Waals surface area (Å²) in [5, 5.41) is 16.6. The average molecular weight is 474 g/mol. The van der Waals surface area contributed by atoms with Crippen molar-refractivity contribution in [2.75, 3.05) is 11.4 Å². The maximum absolute atomic E-state index is 14.2. The van der Waals surface area contributed by atoms with Gasteiger partial charge in [0.05, 0.1) is 12.3 Å². The van der Waals surface area contributed by atoms with Crippen LogP contribution in [0.4, 0.5) is 10.2 Å². The number of hydrogen-bond donors (Lipinski definition) is 1. The first kappa shape index (κ1) is 22.7. The van der Waals surface area contributed by atoms with Crippen molar-refractivity contribution in [2.45, 2.75) is 32.7 Å². The number of aromatic nitrogens is 4. The number of rotatable bonds is 6. The first-order valence-electron chi connectivity index (χ1n) is 11.4. The Kier molecular flexibility index (Phi) is 5.55. The summed E-state index contributed by atoms with van der Waals surface area (Å²) in [7, 11) is 1.78. The van der Waals surface area contributed by atoms with Crippen LogP contribution in [0, 0.1) is 35.4 Å². The topological polar surface area (TPSA) is 117 Å². The number of benzene rings is 1. The number of carbonyl (C=O) groups excluding carboxylic acids is 2. The maximum Gasteiger partial charge on any atom is 0.289 e. The van der Waals surface area contributed by atoms with Gasteiger partial charge >= 0.3 is 0 Å². The van der Waals surface area contributed by atoms with Gasteiger partial charge in [-0.2, -0.15) is 10.4 Å². The Morgan fingerprint density at radius 3 is 2.74 bits per heavy atom. The molecule has 1 aliphatic carbocycles. The van der Waals surface area contributed by atoms with E-state index in [4.69, 9.17) is 0 Å². The molecule has 3 heterocycles. The quantitative estimate of drug-likeness (QED) is 0.588. The highest BCUT2D eigenvalue weighted by molar-refractivity contribution is 6.02. The monoisotopic (exact) mass is 473 g/mol. The van der Waals surface area contributed by atoms with E-state index in [0.29, 0.717) is 35.6 Å². The van der Waals surface area contributed by atoms with Gasteiger partial charge in [0.2, 0.25) is 11.7 Å². The summed E-state index contributed by atoms with van der Waals surface area (Å²) in [5.41, 5.74) is 1.52. The van der Waals surface area contributed by atoms with Gasteiger partial charge in [-0.25, -0.2) is 14.4 Å². The molecule has 2 amide bonds. The molecule has 1 atom stereocenters. The van der Waals surface area contributed by atoms with E-state index in [0.717, 1.165) is 18.4 Å². The Balaban J connectivity index is 1.33. The van der Waals surface area contributed by atoms with Crippen molar-refractivity contribution in [2.24, 2.45) is 18.4 Å². The molecular formula is C25H24FN7O2. The third-order valence-corrected chi connectivity index (χ3v) is 6.60. The molecule has 10 heteroatoms. The van der Waals surface area contributed by atoms with E-state index in [2.05, 4.69) is 26.5 Å². The number of aryl methyl sites for hydroxylation is 2. The van der Waals surface area contributed by atoms with Gasteiger partial charge in [-0.15, -0.1) is 0 Å². The number of carbonyl (C=O) groups is 2. The highest BCUT2D eigenvalue weighted by Gasteiger charge is 2.57. The van der Waals surface area contributed by atoms with E-state index in [9.17, 15) is 19.2 Å². The fourth-order valence-electron chi connectivity index (χ4n) is 4.65. The third-order valence-electron chi connectivity index (χ3n) is 6.60. The van der Waals surface area contributed by atoms with Crippen LogP contribution in [-0.4, -0.2) is 38.1 Å². The normalized spacial score (nSPS) is 19.6. The SMILES string of the molecule is Cc1cc(N2CC[C@@](C#N)(C3CC3)C2=O)nc(C(=O)NCc2cc(F)cc(-c3cnn(C)c3)c2)n1. The molecule has 9 nitrogen and oxygen atoms in total. The summed E-state index contributed by atoms with van der Waals surface area (Å²) < 4.78 is 15.8. The van der Waals surface area contributed by atoms with Crippen molar-refractivity contribution in [3.05, 3.63) is 59.6 Å². The van der Waals surface area contributed by atoms with Gasteiger partial charge in [0.15, 0.2) is 0 Å². The molecule has 178 valence electrons. The number of nitrogens with zero attached hydrogens (tertiary/aromatic N) is 6. The van der Waals surface area contributed by atoms with Crippen LogP contribution in [0.2, 0.25) is 0 Å². The van der Waals surface area contributed by atoms with Gasteiger partial charge in [0.25, 0.3) is 5.91 Å². The summed E-state index contributed by atoms with van der Waals surface area (Å²) >= 11 is 0. The molecule has 1 saturated heterocycles. The second kappa shape index (κ2) is 8.58. The van der Waals surface area contributed by atoms with Crippen LogP contribution >= 0.6 is 0 Å². The molecule has 1 aromatic carbocycles. The number of nitriles is 1. The Hall–Kier alpha value is -4.13. The molecule has 2 aromatic heterocycles. The minimum absolute atomic E-state index is 0.0678. The van der Waals surface area contributed by atoms with E-state index in [1.165, 1.54) is 17.0 Å². The van der Waals surface area contributed by atoms with Crippen molar-refractivity contribution >= 4 is 17.6 Å². The minimum Gasteiger partial charge on any atom is -0.345 e. The Bertz CT molecular complexity index is 1370. The summed E-state index contributed by atoms with van der Waals surface area (Å²) in [6.45, 7) is 2.16. The van der Waals surface area contributed by atoms with Crippen LogP contribution < -0.4 is 10.2 Å². The van der Waals surface area contributed by atoms with Crippen molar-refractivity contribution in [3.63, 3.8) is 0 Å². The van der Waals surface area contributed by atoms with Crippen LogP contribution in [0.5, 0.6) is 0 Å². The molecule has 0 spiro atoms. The molecule has 0 bridgehead atoms. The molecule has 0 unspecified atom stereocenters. The lowest BCUT2D eigenvalue weighted by atomic mass is 9.83. The average Bonchev–Trinajstić information content (AvgIpc) is 3.50. The number of amides is 2. The predicted octanol–water partition coefficient (Wildman–Crippen LogP) is 2.91. The van der Waals surface area contributed by atoms with Crippen molar-refractivity contribution in [1.29, 1.82) is 5.26 Å². The fourth-order valence-corrected chi connectivity index (χ4v) is 4.65. The van der Waals surface area contributed by atoms with Gasteiger partial charge in [0, 0.05) is 43.7 Å². The van der Waals surface area contributed by atoms with Gasteiger partial charge in [-0.05, 0) is 61.4 Å². The van der Waals surface area contributed by atoms with Crippen molar-refractivity contribution < 1.29 is 14.0 Å². The lowest BCUT2D eigenvalue weighted by Gasteiger charge is -2.20. The Morgan fingerprint density at radius 1 is 1.26 bits per heavy atom. The highest BCUT2D eigenvalue weighted by atomic mass is 19.1. The van der Waals surface area contributed by atoms with Gasteiger partial charge in [0.1, 0.15) is 17.1 Å². The summed E-state index contributed by atoms with van der Waals surface area (Å²) in [5.74, 6) is -0.891. The summed E-state index contributed by atoms with van der Waals surface area (Å²) in [4.78, 5) is 36.0.